The smallest absolute Gasteiger partial charge is 0.187 e. The van der Waals surface area contributed by atoms with Crippen molar-refractivity contribution in [1.82, 2.24) is 0 Å². The number of hydrogen-bond acceptors (Lipinski definition) is 3. The molecule has 4 nitrogen and oxygen atoms in total. The molecule has 3 N–H and O–H groups in total. The van der Waals surface area contributed by atoms with E-state index in [0.29, 0.717) is 11.5 Å². The van der Waals surface area contributed by atoms with Crippen LogP contribution in [0.4, 0.5) is 0 Å². The maximum atomic E-state index is 8.79. The Morgan fingerprint density at radius 1 is 1.33 bits per heavy atom. The number of nitrogens with one attached hydrogen (secondary N) is 1. The van der Waals surface area contributed by atoms with Gasteiger partial charge >= 0.3 is 0 Å². The van der Waals surface area contributed by atoms with Gasteiger partial charge in [-0.3, -0.25) is 9.19 Å². The Balaban J connectivity index is 0. The molecule has 0 fully saturated rings. The van der Waals surface area contributed by atoms with Gasteiger partial charge in [-0.2, -0.15) is 0 Å². The minimum absolute atomic E-state index is 0.491. The largest absolute Gasteiger partial charge is 0.345 e. The summed E-state index contributed by atoms with van der Waals surface area (Å²) in [5.74, 6) is 0. The fraction of sp³-hybridized carbons (Fsp3) is 1.00. The zero-order valence-electron chi connectivity index (χ0n) is 8.04. The molecule has 2 atom stereocenters. The minimum Gasteiger partial charge on any atom is -0.345 e. The second-order valence-corrected chi connectivity index (χ2v) is 2.71. The molecule has 0 bridgehead atoms. The Morgan fingerprint density at radius 3 is 1.58 bits per heavy atom. The Bertz CT molecular complexity index is 80.7. The fourth-order valence-corrected chi connectivity index (χ4v) is 0.349. The number of aliphatic hydroxyl groups is 2. The van der Waals surface area contributed by atoms with E-state index in [-0.39, 0.29) is 0 Å². The van der Waals surface area contributed by atoms with Gasteiger partial charge in [-0.05, 0) is 6.92 Å². The van der Waals surface area contributed by atoms with E-state index in [2.05, 4.69) is 16.2 Å². The monoisotopic (exact) mass is 200 g/mol. The summed E-state index contributed by atoms with van der Waals surface area (Å²) in [6, 6.07) is 0. The van der Waals surface area contributed by atoms with Crippen LogP contribution in [0.15, 0.2) is 0 Å². The number of aliphatic hydroxyl groups excluding tert-OH is 2. The van der Waals surface area contributed by atoms with Gasteiger partial charge in [0.15, 0.2) is 12.5 Å². The first-order chi connectivity index (χ1) is 5.47. The second kappa shape index (κ2) is 9.22. The molecule has 0 aromatic carbocycles. The molecule has 0 aliphatic heterocycles. The molecule has 0 aliphatic rings. The molecule has 0 aromatic rings. The summed E-state index contributed by atoms with van der Waals surface area (Å²) in [6.45, 7) is 5.69. The Kier molecular flexibility index (Phi) is 11.3. The molecule has 76 valence electrons. The van der Waals surface area contributed by atoms with E-state index in [1.165, 1.54) is 0 Å². The minimum atomic E-state index is -0.491. The third-order valence-electron chi connectivity index (χ3n) is 1.43. The third kappa shape index (κ3) is 10.1. The standard InChI is InChI=1S/C5H13NO2.C2H5ClO/c1-4(7)6(3)5(2)8;1-2-4-3/h4-5,7-8H,1-3H3;2H2,1H3/p+1. The number of quaternary nitrogens is 1. The van der Waals surface area contributed by atoms with Crippen molar-refractivity contribution in [3.05, 3.63) is 0 Å². The molecule has 12 heavy (non-hydrogen) atoms. The van der Waals surface area contributed by atoms with Gasteiger partial charge in [0.1, 0.15) is 0 Å². The van der Waals surface area contributed by atoms with E-state index < -0.39 is 12.5 Å². The van der Waals surface area contributed by atoms with Gasteiger partial charge in [-0.15, -0.1) is 0 Å². The van der Waals surface area contributed by atoms with Gasteiger partial charge in [0.2, 0.25) is 0 Å². The van der Waals surface area contributed by atoms with Crippen LogP contribution in [0.3, 0.4) is 0 Å². The molecule has 0 saturated carbocycles. The van der Waals surface area contributed by atoms with Gasteiger partial charge in [-0.25, -0.2) is 0 Å². The van der Waals surface area contributed by atoms with Crippen molar-refractivity contribution >= 4 is 11.9 Å². The van der Waals surface area contributed by atoms with Gasteiger partial charge in [0.05, 0.1) is 25.5 Å². The fourth-order valence-electron chi connectivity index (χ4n) is 0.349. The summed E-state index contributed by atoms with van der Waals surface area (Å²) < 4.78 is 4.01. The quantitative estimate of drug-likeness (QED) is 0.531. The lowest BCUT2D eigenvalue weighted by Gasteiger charge is -2.18. The molecule has 5 heteroatoms. The van der Waals surface area contributed by atoms with E-state index >= 15 is 0 Å². The molecule has 0 aliphatic carbocycles. The maximum Gasteiger partial charge on any atom is 0.187 e. The van der Waals surface area contributed by atoms with Crippen LogP contribution in [0.1, 0.15) is 20.8 Å². The SMILES string of the molecule is CC(O)[NH+](C)C(C)O.CCOCl. The van der Waals surface area contributed by atoms with Gasteiger partial charge in [0.25, 0.3) is 0 Å². The molecule has 2 unspecified atom stereocenters. The molecule has 0 heterocycles. The van der Waals surface area contributed by atoms with Crippen LogP contribution in [0.25, 0.3) is 0 Å². The molecular weight excluding hydrogens is 182 g/mol. The second-order valence-electron chi connectivity index (χ2n) is 2.49. The van der Waals surface area contributed by atoms with Crippen molar-refractivity contribution < 1.29 is 19.4 Å². The zero-order chi connectivity index (χ0) is 10.1. The highest BCUT2D eigenvalue weighted by atomic mass is 35.5. The van der Waals surface area contributed by atoms with Gasteiger partial charge < -0.3 is 10.2 Å². The van der Waals surface area contributed by atoms with Crippen molar-refractivity contribution in [2.75, 3.05) is 13.7 Å². The predicted molar refractivity (Wildman–Crippen MR) is 47.7 cm³/mol. The van der Waals surface area contributed by atoms with Crippen LogP contribution in [-0.4, -0.2) is 36.3 Å². The summed E-state index contributed by atoms with van der Waals surface area (Å²) in [6.07, 6.45) is -0.981. The van der Waals surface area contributed by atoms with Crippen LogP contribution < -0.4 is 4.90 Å². The highest BCUT2D eigenvalue weighted by Crippen LogP contribution is 1.71. The Labute approximate surface area is 78.9 Å². The molecule has 0 aromatic heterocycles. The van der Waals surface area contributed by atoms with Crippen molar-refractivity contribution in [2.24, 2.45) is 0 Å². The first-order valence-electron chi connectivity index (χ1n) is 3.90. The first-order valence-corrected chi connectivity index (χ1v) is 4.21. The third-order valence-corrected chi connectivity index (χ3v) is 1.65. The molecule has 0 rings (SSSR count). The highest BCUT2D eigenvalue weighted by molar-refractivity contribution is 6.07. The van der Waals surface area contributed by atoms with Gasteiger partial charge in [0, 0.05) is 13.8 Å². The van der Waals surface area contributed by atoms with E-state index in [0.717, 1.165) is 0 Å². The van der Waals surface area contributed by atoms with E-state index in [1.807, 2.05) is 6.92 Å². The first kappa shape index (κ1) is 14.6. The summed E-state index contributed by atoms with van der Waals surface area (Å²) >= 11 is 4.69. The van der Waals surface area contributed by atoms with E-state index in [4.69, 9.17) is 10.2 Å². The van der Waals surface area contributed by atoms with Crippen LogP contribution in [-0.2, 0) is 4.29 Å². The molecule has 0 radical (unpaired) electrons. The van der Waals surface area contributed by atoms with Crippen molar-refractivity contribution in [1.29, 1.82) is 0 Å². The van der Waals surface area contributed by atoms with Crippen molar-refractivity contribution in [3.8, 4) is 0 Å². The summed E-state index contributed by atoms with van der Waals surface area (Å²) in [5, 5.41) is 17.6. The summed E-state index contributed by atoms with van der Waals surface area (Å²) in [5.41, 5.74) is 0. The highest BCUT2D eigenvalue weighted by Gasteiger charge is 2.12. The lowest BCUT2D eigenvalue weighted by Crippen LogP contribution is -3.16. The number of hydrogen-bond donors (Lipinski definition) is 3. The van der Waals surface area contributed by atoms with Crippen LogP contribution in [0.5, 0.6) is 0 Å². The van der Waals surface area contributed by atoms with Crippen molar-refractivity contribution in [3.63, 3.8) is 0 Å². The number of rotatable bonds is 3. The normalized spacial score (nSPS) is 17.2. The van der Waals surface area contributed by atoms with Crippen LogP contribution in [0.2, 0.25) is 0 Å². The topological polar surface area (TPSA) is 54.1 Å². The lowest BCUT2D eigenvalue weighted by atomic mass is 10.5. The van der Waals surface area contributed by atoms with E-state index in [9.17, 15) is 0 Å². The Hall–Kier alpha value is 0.130. The lowest BCUT2D eigenvalue weighted by molar-refractivity contribution is -0.968. The number of halogens is 1. The predicted octanol–water partition coefficient (Wildman–Crippen LogP) is -0.646. The average Bonchev–Trinajstić information content (AvgIpc) is 2.03. The molecule has 0 spiro atoms. The van der Waals surface area contributed by atoms with Crippen molar-refractivity contribution in [2.45, 2.75) is 33.2 Å². The molecule has 0 amide bonds. The molecular formula is C7H19ClNO3+. The maximum absolute atomic E-state index is 8.79. The molecule has 0 saturated heterocycles. The van der Waals surface area contributed by atoms with E-state index in [1.54, 1.807) is 20.9 Å². The van der Waals surface area contributed by atoms with Crippen LogP contribution >= 0.6 is 11.9 Å². The van der Waals surface area contributed by atoms with Crippen LogP contribution in [0, 0.1) is 0 Å². The van der Waals surface area contributed by atoms with Gasteiger partial charge in [-0.1, -0.05) is 0 Å². The zero-order valence-corrected chi connectivity index (χ0v) is 8.80. The Morgan fingerprint density at radius 2 is 1.58 bits per heavy atom. The summed E-state index contributed by atoms with van der Waals surface area (Å²) in [4.78, 5) is 0.713. The summed E-state index contributed by atoms with van der Waals surface area (Å²) in [7, 11) is 1.73. The average molecular weight is 201 g/mol.